The molecule has 0 spiro atoms. The molecule has 0 radical (unpaired) electrons. The van der Waals surface area contributed by atoms with Crippen LogP contribution in [0.3, 0.4) is 0 Å². The van der Waals surface area contributed by atoms with Gasteiger partial charge in [-0.2, -0.15) is 5.10 Å². The van der Waals surface area contributed by atoms with Crippen molar-refractivity contribution in [3.63, 3.8) is 0 Å². The number of hydrogen-bond donors (Lipinski definition) is 0. The van der Waals surface area contributed by atoms with Crippen LogP contribution in [0, 0.1) is 20.8 Å². The number of amides is 1. The van der Waals surface area contributed by atoms with E-state index in [1.54, 1.807) is 6.92 Å². The van der Waals surface area contributed by atoms with E-state index in [1.807, 2.05) is 47.7 Å². The molecule has 1 atom stereocenters. The van der Waals surface area contributed by atoms with E-state index in [-0.39, 0.29) is 24.1 Å². The topological polar surface area (TPSA) is 73.0 Å². The molecule has 0 saturated carbocycles. The van der Waals surface area contributed by atoms with Crippen molar-refractivity contribution in [2.45, 2.75) is 39.8 Å². The summed E-state index contributed by atoms with van der Waals surface area (Å²) >= 11 is 0. The zero-order valence-electron chi connectivity index (χ0n) is 15.8. The van der Waals surface area contributed by atoms with Gasteiger partial charge in [0, 0.05) is 18.8 Å². The number of fused-ring (bicyclic) bond motifs is 1. The summed E-state index contributed by atoms with van der Waals surface area (Å²) < 4.78 is 3.55. The van der Waals surface area contributed by atoms with Gasteiger partial charge in [-0.05, 0) is 45.4 Å². The Labute approximate surface area is 157 Å². The van der Waals surface area contributed by atoms with Crippen LogP contribution in [0.1, 0.15) is 29.5 Å². The maximum atomic E-state index is 12.9. The molecule has 1 amide bonds. The van der Waals surface area contributed by atoms with Gasteiger partial charge >= 0.3 is 0 Å². The normalized spacial score (nSPS) is 17.0. The van der Waals surface area contributed by atoms with E-state index in [9.17, 15) is 9.59 Å². The molecular formula is C20H23N5O2. The maximum Gasteiger partial charge on any atom is 0.272 e. The van der Waals surface area contributed by atoms with Crippen molar-refractivity contribution >= 4 is 16.9 Å². The highest BCUT2D eigenvalue weighted by Gasteiger charge is 2.29. The first-order valence-corrected chi connectivity index (χ1v) is 9.21. The quantitative estimate of drug-likeness (QED) is 0.712. The molecule has 2 aromatic heterocycles. The molecule has 0 unspecified atom stereocenters. The Balaban J connectivity index is 1.57. The summed E-state index contributed by atoms with van der Waals surface area (Å²) in [5, 5.41) is 4.55. The Bertz CT molecular complexity index is 1080. The van der Waals surface area contributed by atoms with Gasteiger partial charge in [-0.3, -0.25) is 18.8 Å². The van der Waals surface area contributed by atoms with Crippen LogP contribution >= 0.6 is 0 Å². The zero-order valence-corrected chi connectivity index (χ0v) is 15.8. The lowest BCUT2D eigenvalue weighted by Crippen LogP contribution is -2.36. The standard InChI is InChI=1S/C20H23N5O2/c1-13-10-14(2)25(22-13)16-8-9-23(11-16)19(26)12-24-18-7-5-4-6-17(18)21-15(3)20(24)27/h4-7,10,16H,8-9,11-12H2,1-3H3/t16-/m1/s1. The predicted molar refractivity (Wildman–Crippen MR) is 103 cm³/mol. The second-order valence-electron chi connectivity index (χ2n) is 7.23. The number of benzene rings is 1. The maximum absolute atomic E-state index is 12.9. The first-order valence-electron chi connectivity index (χ1n) is 9.21. The molecule has 140 valence electrons. The van der Waals surface area contributed by atoms with Gasteiger partial charge in [-0.25, -0.2) is 4.98 Å². The Morgan fingerprint density at radius 1 is 1.22 bits per heavy atom. The van der Waals surface area contributed by atoms with E-state index in [0.29, 0.717) is 24.3 Å². The minimum Gasteiger partial charge on any atom is -0.339 e. The van der Waals surface area contributed by atoms with Crippen LogP contribution < -0.4 is 5.56 Å². The SMILES string of the molecule is Cc1cc(C)n([C@@H]2CCN(C(=O)Cn3c(=O)c(C)nc4ccccc43)C2)n1. The molecule has 0 bridgehead atoms. The van der Waals surface area contributed by atoms with E-state index < -0.39 is 0 Å². The smallest absolute Gasteiger partial charge is 0.272 e. The Hall–Kier alpha value is -2.96. The number of para-hydroxylation sites is 2. The number of rotatable bonds is 3. The lowest BCUT2D eigenvalue weighted by molar-refractivity contribution is -0.130. The second kappa shape index (κ2) is 6.64. The van der Waals surface area contributed by atoms with Gasteiger partial charge in [0.2, 0.25) is 5.91 Å². The van der Waals surface area contributed by atoms with Crippen LogP contribution in [-0.4, -0.2) is 43.2 Å². The summed E-state index contributed by atoms with van der Waals surface area (Å²) in [6, 6.07) is 9.67. The Morgan fingerprint density at radius 2 is 2.00 bits per heavy atom. The highest BCUT2D eigenvalue weighted by atomic mass is 16.2. The summed E-state index contributed by atoms with van der Waals surface area (Å²) in [5.41, 5.74) is 3.71. The lowest BCUT2D eigenvalue weighted by Gasteiger charge is -2.19. The largest absolute Gasteiger partial charge is 0.339 e. The van der Waals surface area contributed by atoms with Crippen molar-refractivity contribution in [2.75, 3.05) is 13.1 Å². The third-order valence-corrected chi connectivity index (χ3v) is 5.22. The predicted octanol–water partition coefficient (Wildman–Crippen LogP) is 1.99. The second-order valence-corrected chi connectivity index (χ2v) is 7.23. The molecule has 1 aliphatic heterocycles. The van der Waals surface area contributed by atoms with Gasteiger partial charge in [0.05, 0.1) is 22.8 Å². The zero-order chi connectivity index (χ0) is 19.1. The van der Waals surface area contributed by atoms with Crippen molar-refractivity contribution in [1.29, 1.82) is 0 Å². The summed E-state index contributed by atoms with van der Waals surface area (Å²) in [4.78, 5) is 31.7. The fourth-order valence-corrected chi connectivity index (χ4v) is 3.90. The van der Waals surface area contributed by atoms with Gasteiger partial charge in [-0.15, -0.1) is 0 Å². The number of hydrogen-bond acceptors (Lipinski definition) is 4. The number of likely N-dealkylation sites (tertiary alicyclic amines) is 1. The minimum absolute atomic E-state index is 0.0343. The number of aromatic nitrogens is 4. The van der Waals surface area contributed by atoms with E-state index in [0.717, 1.165) is 23.3 Å². The van der Waals surface area contributed by atoms with Crippen molar-refractivity contribution in [1.82, 2.24) is 24.2 Å². The third kappa shape index (κ3) is 3.13. The van der Waals surface area contributed by atoms with E-state index in [2.05, 4.69) is 16.1 Å². The minimum atomic E-state index is -0.212. The molecule has 4 rings (SSSR count). The first-order chi connectivity index (χ1) is 12.9. The van der Waals surface area contributed by atoms with Crippen LogP contribution in [0.4, 0.5) is 0 Å². The van der Waals surface area contributed by atoms with Crippen molar-refractivity contribution < 1.29 is 4.79 Å². The number of carbonyl (C=O) groups excluding carboxylic acids is 1. The molecule has 27 heavy (non-hydrogen) atoms. The number of aryl methyl sites for hydroxylation is 3. The van der Waals surface area contributed by atoms with Crippen LogP contribution in [0.5, 0.6) is 0 Å². The van der Waals surface area contributed by atoms with Crippen molar-refractivity contribution in [3.05, 3.63) is 57.8 Å². The van der Waals surface area contributed by atoms with Gasteiger partial charge in [-0.1, -0.05) is 12.1 Å². The molecular weight excluding hydrogens is 342 g/mol. The molecule has 0 aliphatic carbocycles. The number of carbonyl (C=O) groups is 1. The van der Waals surface area contributed by atoms with Crippen molar-refractivity contribution in [3.8, 4) is 0 Å². The van der Waals surface area contributed by atoms with Gasteiger partial charge in [0.15, 0.2) is 0 Å². The molecule has 3 aromatic rings. The van der Waals surface area contributed by atoms with E-state index in [4.69, 9.17) is 0 Å². The van der Waals surface area contributed by atoms with E-state index in [1.165, 1.54) is 4.57 Å². The molecule has 7 nitrogen and oxygen atoms in total. The summed E-state index contributed by atoms with van der Waals surface area (Å²) in [7, 11) is 0. The van der Waals surface area contributed by atoms with Crippen LogP contribution in [0.2, 0.25) is 0 Å². The summed E-state index contributed by atoms with van der Waals surface area (Å²) in [5.74, 6) is -0.0446. The Kier molecular flexibility index (Phi) is 4.30. The molecule has 1 aromatic carbocycles. The van der Waals surface area contributed by atoms with Crippen LogP contribution in [0.15, 0.2) is 35.1 Å². The highest BCUT2D eigenvalue weighted by Crippen LogP contribution is 2.23. The molecule has 7 heteroatoms. The fourth-order valence-electron chi connectivity index (χ4n) is 3.90. The van der Waals surface area contributed by atoms with Gasteiger partial charge in [0.1, 0.15) is 12.2 Å². The van der Waals surface area contributed by atoms with Crippen molar-refractivity contribution in [2.24, 2.45) is 0 Å². The summed E-state index contributed by atoms with van der Waals surface area (Å²) in [6.45, 7) is 7.04. The molecule has 1 saturated heterocycles. The highest BCUT2D eigenvalue weighted by molar-refractivity contribution is 5.80. The molecule has 3 heterocycles. The van der Waals surface area contributed by atoms with Gasteiger partial charge < -0.3 is 4.90 Å². The Morgan fingerprint density at radius 3 is 2.74 bits per heavy atom. The van der Waals surface area contributed by atoms with Crippen LogP contribution in [-0.2, 0) is 11.3 Å². The number of nitrogens with zero attached hydrogens (tertiary/aromatic N) is 5. The molecule has 0 N–H and O–H groups in total. The fraction of sp³-hybridized carbons (Fsp3) is 0.400. The van der Waals surface area contributed by atoms with Crippen LogP contribution in [0.25, 0.3) is 11.0 Å². The summed E-state index contributed by atoms with van der Waals surface area (Å²) in [6.07, 6.45) is 0.874. The average Bonchev–Trinajstić information content (AvgIpc) is 3.25. The first kappa shape index (κ1) is 17.5. The molecule has 1 fully saturated rings. The third-order valence-electron chi connectivity index (χ3n) is 5.22. The molecule has 1 aliphatic rings. The average molecular weight is 365 g/mol. The van der Waals surface area contributed by atoms with Gasteiger partial charge in [0.25, 0.3) is 5.56 Å². The lowest BCUT2D eigenvalue weighted by atomic mass is 10.2. The van der Waals surface area contributed by atoms with E-state index >= 15 is 0 Å². The monoisotopic (exact) mass is 365 g/mol.